The number of hydrogen-bond donors (Lipinski definition) is 1. The summed E-state index contributed by atoms with van der Waals surface area (Å²) in [6, 6.07) is 7.64. The van der Waals surface area contributed by atoms with Gasteiger partial charge in [-0.05, 0) is 43.2 Å². The van der Waals surface area contributed by atoms with E-state index in [9.17, 15) is 9.59 Å². The zero-order chi connectivity index (χ0) is 17.7. The van der Waals surface area contributed by atoms with Gasteiger partial charge in [0.2, 0.25) is 11.8 Å². The second-order valence-electron chi connectivity index (χ2n) is 7.91. The van der Waals surface area contributed by atoms with Gasteiger partial charge >= 0.3 is 0 Å². The van der Waals surface area contributed by atoms with Gasteiger partial charge in [-0.15, -0.1) is 0 Å². The summed E-state index contributed by atoms with van der Waals surface area (Å²) in [6.45, 7) is 2.17. The third-order valence-electron chi connectivity index (χ3n) is 6.47. The number of nitrogens with one attached hydrogen (secondary N) is 1. The van der Waals surface area contributed by atoms with Crippen LogP contribution in [0.4, 0.5) is 0 Å². The first-order valence-electron chi connectivity index (χ1n) is 9.67. The van der Waals surface area contributed by atoms with E-state index in [1.807, 2.05) is 24.3 Å². The summed E-state index contributed by atoms with van der Waals surface area (Å²) in [5.41, 5.74) is 0. The molecule has 0 radical (unpaired) electrons. The van der Waals surface area contributed by atoms with Crippen LogP contribution in [0.2, 0.25) is 0 Å². The van der Waals surface area contributed by atoms with Crippen LogP contribution in [0.3, 0.4) is 0 Å². The maximum Gasteiger partial charge on any atom is 0.233 e. The summed E-state index contributed by atoms with van der Waals surface area (Å²) in [6.07, 6.45) is 3.26. The van der Waals surface area contributed by atoms with Gasteiger partial charge in [-0.1, -0.05) is 12.1 Å². The van der Waals surface area contributed by atoms with Crippen molar-refractivity contribution in [1.82, 2.24) is 10.2 Å². The molecular weight excluding hydrogens is 332 g/mol. The zero-order valence-electron chi connectivity index (χ0n) is 14.7. The summed E-state index contributed by atoms with van der Waals surface area (Å²) < 4.78 is 11.6. The largest absolute Gasteiger partial charge is 0.486 e. The monoisotopic (exact) mass is 356 g/mol. The van der Waals surface area contributed by atoms with E-state index in [2.05, 4.69) is 5.32 Å². The van der Waals surface area contributed by atoms with Gasteiger partial charge in [0.25, 0.3) is 0 Å². The maximum atomic E-state index is 12.7. The van der Waals surface area contributed by atoms with E-state index in [0.29, 0.717) is 38.1 Å². The fourth-order valence-corrected chi connectivity index (χ4v) is 5.31. The lowest BCUT2D eigenvalue weighted by Gasteiger charge is -2.27. The number of para-hydroxylation sites is 2. The molecule has 2 aliphatic carbocycles. The number of likely N-dealkylation sites (tertiary alicyclic amines) is 1. The van der Waals surface area contributed by atoms with Crippen molar-refractivity contribution >= 4 is 11.8 Å². The molecule has 2 amide bonds. The van der Waals surface area contributed by atoms with Gasteiger partial charge in [-0.2, -0.15) is 0 Å². The first kappa shape index (κ1) is 16.1. The van der Waals surface area contributed by atoms with Crippen molar-refractivity contribution in [2.24, 2.45) is 23.7 Å². The van der Waals surface area contributed by atoms with Crippen LogP contribution < -0.4 is 14.8 Å². The molecule has 6 nitrogen and oxygen atoms in total. The highest BCUT2D eigenvalue weighted by Crippen LogP contribution is 2.55. The van der Waals surface area contributed by atoms with Crippen LogP contribution in [0.1, 0.15) is 19.3 Å². The molecule has 138 valence electrons. The van der Waals surface area contributed by atoms with Crippen LogP contribution in [-0.4, -0.2) is 49.1 Å². The fourth-order valence-electron chi connectivity index (χ4n) is 5.31. The van der Waals surface area contributed by atoms with E-state index in [4.69, 9.17) is 9.47 Å². The molecule has 2 aliphatic heterocycles. The third kappa shape index (κ3) is 2.50. The Morgan fingerprint density at radius 2 is 1.73 bits per heavy atom. The van der Waals surface area contributed by atoms with Crippen LogP contribution in [0, 0.1) is 23.7 Å². The molecule has 0 spiro atoms. The van der Waals surface area contributed by atoms with E-state index >= 15 is 0 Å². The van der Waals surface area contributed by atoms with Gasteiger partial charge in [0.15, 0.2) is 11.5 Å². The molecule has 4 aliphatic rings. The highest BCUT2D eigenvalue weighted by Gasteiger charge is 2.60. The molecule has 3 fully saturated rings. The predicted octanol–water partition coefficient (Wildman–Crippen LogP) is 1.45. The number of imide groups is 1. The quantitative estimate of drug-likeness (QED) is 0.639. The van der Waals surface area contributed by atoms with Gasteiger partial charge in [0.1, 0.15) is 12.7 Å². The number of carbonyl (C=O) groups excluding carboxylic acids is 2. The second-order valence-corrected chi connectivity index (χ2v) is 7.91. The number of carbonyl (C=O) groups is 2. The third-order valence-corrected chi connectivity index (χ3v) is 6.47. The fraction of sp³-hybridized carbons (Fsp3) is 0.600. The molecule has 5 rings (SSSR count). The highest BCUT2D eigenvalue weighted by atomic mass is 16.6. The van der Waals surface area contributed by atoms with Crippen LogP contribution >= 0.6 is 0 Å². The first-order chi connectivity index (χ1) is 12.7. The Morgan fingerprint density at radius 3 is 2.46 bits per heavy atom. The van der Waals surface area contributed by atoms with Crippen molar-refractivity contribution in [1.29, 1.82) is 0 Å². The number of ether oxygens (including phenoxy) is 2. The van der Waals surface area contributed by atoms with Crippen LogP contribution in [0.5, 0.6) is 11.5 Å². The van der Waals surface area contributed by atoms with E-state index in [-0.39, 0.29) is 29.8 Å². The molecule has 0 aromatic heterocycles. The summed E-state index contributed by atoms with van der Waals surface area (Å²) in [4.78, 5) is 26.8. The molecule has 1 N–H and O–H groups in total. The Labute approximate surface area is 152 Å². The maximum absolute atomic E-state index is 12.7. The van der Waals surface area contributed by atoms with E-state index < -0.39 is 0 Å². The first-order valence-corrected chi connectivity index (χ1v) is 9.67. The van der Waals surface area contributed by atoms with Crippen molar-refractivity contribution in [3.05, 3.63) is 24.3 Å². The summed E-state index contributed by atoms with van der Waals surface area (Å²) in [7, 11) is 0. The normalized spacial score (nSPS) is 34.5. The van der Waals surface area contributed by atoms with Crippen molar-refractivity contribution in [3.8, 4) is 11.5 Å². The molecule has 6 heteroatoms. The van der Waals surface area contributed by atoms with Gasteiger partial charge in [-0.3, -0.25) is 14.5 Å². The van der Waals surface area contributed by atoms with E-state index in [0.717, 1.165) is 30.8 Å². The Balaban J connectivity index is 1.12. The van der Waals surface area contributed by atoms with E-state index in [1.165, 1.54) is 4.90 Å². The molecule has 1 aromatic rings. The summed E-state index contributed by atoms with van der Waals surface area (Å²) in [5.74, 6) is 2.54. The molecule has 26 heavy (non-hydrogen) atoms. The molecule has 5 atom stereocenters. The minimum absolute atomic E-state index is 0.0205. The number of nitrogens with zero attached hydrogens (tertiary/aromatic N) is 1. The minimum atomic E-state index is -0.0647. The molecule has 2 saturated carbocycles. The molecule has 2 heterocycles. The van der Waals surface area contributed by atoms with Crippen molar-refractivity contribution in [2.45, 2.75) is 25.4 Å². The molecule has 1 saturated heterocycles. The number of rotatable bonds is 5. The average molecular weight is 356 g/mol. The Kier molecular flexibility index (Phi) is 3.89. The van der Waals surface area contributed by atoms with Crippen molar-refractivity contribution in [3.63, 3.8) is 0 Å². The zero-order valence-corrected chi connectivity index (χ0v) is 14.7. The summed E-state index contributed by atoms with van der Waals surface area (Å²) in [5, 5.41) is 3.31. The number of benzene rings is 1. The summed E-state index contributed by atoms with van der Waals surface area (Å²) >= 11 is 0. The Hall–Kier alpha value is -2.08. The second kappa shape index (κ2) is 6.27. The predicted molar refractivity (Wildman–Crippen MR) is 93.8 cm³/mol. The standard InChI is InChI=1S/C20H24N2O4/c23-19-17-12-5-6-13(9-12)18(17)20(24)22(19)8-7-21-10-14-11-25-15-3-1-2-4-16(15)26-14/h1-4,12-14,17-18,21H,5-11H2/t12-,13+,14?,17-,18+. The molecule has 2 bridgehead atoms. The van der Waals surface area contributed by atoms with Crippen LogP contribution in [0.15, 0.2) is 24.3 Å². The molecule has 1 aromatic carbocycles. The lowest BCUT2D eigenvalue weighted by Crippen LogP contribution is -2.42. The minimum Gasteiger partial charge on any atom is -0.486 e. The SMILES string of the molecule is O=C1[C@@H]2[C@@H]3CC[C@@H](C3)[C@@H]2C(=O)N1CCNCC1COc2ccccc2O1. The van der Waals surface area contributed by atoms with Gasteiger partial charge in [0, 0.05) is 19.6 Å². The number of amides is 2. The molecule has 1 unspecified atom stereocenters. The number of hydrogen-bond acceptors (Lipinski definition) is 5. The topological polar surface area (TPSA) is 67.9 Å². The Morgan fingerprint density at radius 1 is 1.04 bits per heavy atom. The smallest absolute Gasteiger partial charge is 0.233 e. The lowest BCUT2D eigenvalue weighted by atomic mass is 9.81. The van der Waals surface area contributed by atoms with Crippen LogP contribution in [-0.2, 0) is 9.59 Å². The van der Waals surface area contributed by atoms with Gasteiger partial charge in [-0.25, -0.2) is 0 Å². The number of fused-ring (bicyclic) bond motifs is 6. The molecular formula is C20H24N2O4. The van der Waals surface area contributed by atoms with E-state index in [1.54, 1.807) is 0 Å². The van der Waals surface area contributed by atoms with Crippen molar-refractivity contribution in [2.75, 3.05) is 26.2 Å². The van der Waals surface area contributed by atoms with Gasteiger partial charge < -0.3 is 14.8 Å². The average Bonchev–Trinajstić information content (AvgIpc) is 3.34. The Bertz CT molecular complexity index is 708. The van der Waals surface area contributed by atoms with Gasteiger partial charge in [0.05, 0.1) is 11.8 Å². The van der Waals surface area contributed by atoms with Crippen LogP contribution in [0.25, 0.3) is 0 Å². The van der Waals surface area contributed by atoms with Crippen molar-refractivity contribution < 1.29 is 19.1 Å². The lowest BCUT2D eigenvalue weighted by molar-refractivity contribution is -0.140. The highest BCUT2D eigenvalue weighted by molar-refractivity contribution is 6.06.